The number of nitrogens with one attached hydrogen (secondary N) is 1. The molecule has 27 heavy (non-hydrogen) atoms. The summed E-state index contributed by atoms with van der Waals surface area (Å²) in [5, 5.41) is 12.8. The van der Waals surface area contributed by atoms with E-state index in [2.05, 4.69) is 15.3 Å². The van der Waals surface area contributed by atoms with E-state index in [-0.39, 0.29) is 29.7 Å². The monoisotopic (exact) mass is 371 g/mol. The lowest BCUT2D eigenvalue weighted by Gasteiger charge is -2.44. The van der Waals surface area contributed by atoms with Crippen molar-refractivity contribution in [2.24, 2.45) is 0 Å². The predicted molar refractivity (Wildman–Crippen MR) is 92.3 cm³/mol. The third kappa shape index (κ3) is 2.83. The number of aromatic nitrogens is 3. The minimum Gasteiger partial charge on any atom is -0.503 e. The van der Waals surface area contributed by atoms with Crippen LogP contribution >= 0.6 is 0 Å². The number of amides is 2. The number of fused-ring (bicyclic) bond motifs is 2. The SMILES string of the molecule is C[C@@H]1CCO[C@H]2Cn3cc(C(=O)Nc4cnccn4)c(=O)c(O)c3C(=O)N12. The van der Waals surface area contributed by atoms with Crippen molar-refractivity contribution in [3.8, 4) is 5.75 Å². The van der Waals surface area contributed by atoms with Gasteiger partial charge in [0.2, 0.25) is 5.43 Å². The second kappa shape index (κ2) is 6.47. The molecule has 140 valence electrons. The lowest BCUT2D eigenvalue weighted by atomic mass is 10.1. The first kappa shape index (κ1) is 17.2. The average molecular weight is 371 g/mol. The molecule has 2 aliphatic rings. The highest BCUT2D eigenvalue weighted by Gasteiger charge is 2.41. The van der Waals surface area contributed by atoms with Gasteiger partial charge in [0.25, 0.3) is 11.8 Å². The summed E-state index contributed by atoms with van der Waals surface area (Å²) < 4.78 is 7.04. The van der Waals surface area contributed by atoms with Crippen molar-refractivity contribution in [3.05, 3.63) is 46.3 Å². The Balaban J connectivity index is 1.73. The van der Waals surface area contributed by atoms with E-state index in [0.717, 1.165) is 0 Å². The molecular formula is C17H17N5O5. The number of nitrogens with zero attached hydrogens (tertiary/aromatic N) is 4. The minimum atomic E-state index is -0.917. The third-order valence-corrected chi connectivity index (χ3v) is 4.73. The molecule has 2 aliphatic heterocycles. The Morgan fingerprint density at radius 2 is 2.19 bits per heavy atom. The molecule has 0 bridgehead atoms. The summed E-state index contributed by atoms with van der Waals surface area (Å²) in [6.07, 6.45) is 5.59. The zero-order valence-corrected chi connectivity index (χ0v) is 14.5. The molecular weight excluding hydrogens is 354 g/mol. The van der Waals surface area contributed by atoms with Crippen LogP contribution in [-0.2, 0) is 11.3 Å². The summed E-state index contributed by atoms with van der Waals surface area (Å²) in [6, 6.07) is -0.0702. The Labute approximate surface area is 153 Å². The van der Waals surface area contributed by atoms with Crippen LogP contribution in [0.4, 0.5) is 5.82 Å². The Hall–Kier alpha value is -3.27. The predicted octanol–water partition coefficient (Wildman–Crippen LogP) is 0.187. The van der Waals surface area contributed by atoms with Crippen LogP contribution < -0.4 is 10.7 Å². The van der Waals surface area contributed by atoms with E-state index in [1.165, 1.54) is 34.3 Å². The van der Waals surface area contributed by atoms with Crippen LogP contribution in [0.2, 0.25) is 0 Å². The highest BCUT2D eigenvalue weighted by molar-refractivity contribution is 6.05. The van der Waals surface area contributed by atoms with Gasteiger partial charge in [-0.25, -0.2) is 4.98 Å². The van der Waals surface area contributed by atoms with Gasteiger partial charge >= 0.3 is 0 Å². The van der Waals surface area contributed by atoms with E-state index >= 15 is 0 Å². The molecule has 0 radical (unpaired) electrons. The quantitative estimate of drug-likeness (QED) is 0.771. The first-order valence-corrected chi connectivity index (χ1v) is 8.45. The molecule has 10 nitrogen and oxygen atoms in total. The van der Waals surface area contributed by atoms with Gasteiger partial charge in [-0.1, -0.05) is 0 Å². The number of pyridine rings is 1. The molecule has 2 amide bonds. The summed E-state index contributed by atoms with van der Waals surface area (Å²) in [6.45, 7) is 2.61. The van der Waals surface area contributed by atoms with Crippen LogP contribution in [0.25, 0.3) is 0 Å². The fourth-order valence-corrected chi connectivity index (χ4v) is 3.37. The Kier molecular flexibility index (Phi) is 4.11. The summed E-state index contributed by atoms with van der Waals surface area (Å²) in [5.41, 5.74) is -1.35. The first-order chi connectivity index (χ1) is 13.0. The van der Waals surface area contributed by atoms with Gasteiger partial charge in [-0.05, 0) is 13.3 Å². The molecule has 2 N–H and O–H groups in total. The van der Waals surface area contributed by atoms with Gasteiger partial charge in [0.1, 0.15) is 5.56 Å². The van der Waals surface area contributed by atoms with Crippen molar-refractivity contribution < 1.29 is 19.4 Å². The first-order valence-electron chi connectivity index (χ1n) is 8.45. The van der Waals surface area contributed by atoms with Gasteiger partial charge in [-0.2, -0.15) is 0 Å². The molecule has 0 aliphatic carbocycles. The number of anilines is 1. The van der Waals surface area contributed by atoms with Gasteiger partial charge in [0.05, 0.1) is 19.3 Å². The summed E-state index contributed by atoms with van der Waals surface area (Å²) in [7, 11) is 0. The van der Waals surface area contributed by atoms with Crippen LogP contribution in [0.3, 0.4) is 0 Å². The van der Waals surface area contributed by atoms with Crippen LogP contribution in [0.15, 0.2) is 29.6 Å². The fraction of sp³-hybridized carbons (Fsp3) is 0.353. The molecule has 2 aromatic heterocycles. The maximum absolute atomic E-state index is 12.8. The zero-order valence-electron chi connectivity index (χ0n) is 14.5. The van der Waals surface area contributed by atoms with Crippen molar-refractivity contribution in [1.82, 2.24) is 19.4 Å². The topological polar surface area (TPSA) is 127 Å². The van der Waals surface area contributed by atoms with Crippen molar-refractivity contribution in [3.63, 3.8) is 0 Å². The molecule has 4 heterocycles. The molecule has 0 unspecified atom stereocenters. The van der Waals surface area contributed by atoms with Gasteiger partial charge in [-0.15, -0.1) is 0 Å². The normalized spacial score (nSPS) is 21.4. The number of ether oxygens (including phenoxy) is 1. The molecule has 1 saturated heterocycles. The number of rotatable bonds is 2. The molecule has 0 spiro atoms. The summed E-state index contributed by atoms with van der Waals surface area (Å²) >= 11 is 0. The van der Waals surface area contributed by atoms with Crippen LogP contribution in [0.1, 0.15) is 34.2 Å². The summed E-state index contributed by atoms with van der Waals surface area (Å²) in [4.78, 5) is 47.0. The van der Waals surface area contributed by atoms with Crippen molar-refractivity contribution in [1.29, 1.82) is 0 Å². The number of hydrogen-bond donors (Lipinski definition) is 2. The number of hydrogen-bond acceptors (Lipinski definition) is 7. The van der Waals surface area contributed by atoms with Crippen LogP contribution in [-0.4, -0.2) is 55.2 Å². The Morgan fingerprint density at radius 3 is 2.93 bits per heavy atom. The third-order valence-electron chi connectivity index (χ3n) is 4.73. The van der Waals surface area contributed by atoms with Crippen molar-refractivity contribution >= 4 is 17.6 Å². The Bertz CT molecular complexity index is 974. The van der Waals surface area contributed by atoms with E-state index < -0.39 is 29.2 Å². The molecule has 2 aromatic rings. The number of carbonyl (C=O) groups is 2. The van der Waals surface area contributed by atoms with E-state index in [1.807, 2.05) is 6.92 Å². The molecule has 2 atom stereocenters. The molecule has 4 rings (SSSR count). The number of aromatic hydroxyl groups is 1. The van der Waals surface area contributed by atoms with Gasteiger partial charge < -0.3 is 24.6 Å². The second-order valence-corrected chi connectivity index (χ2v) is 6.44. The van der Waals surface area contributed by atoms with Crippen LogP contribution in [0.5, 0.6) is 5.75 Å². The van der Waals surface area contributed by atoms with E-state index in [4.69, 9.17) is 4.74 Å². The lowest BCUT2D eigenvalue weighted by molar-refractivity contribution is -0.112. The zero-order chi connectivity index (χ0) is 19.1. The molecule has 1 fully saturated rings. The highest BCUT2D eigenvalue weighted by Crippen LogP contribution is 2.29. The van der Waals surface area contributed by atoms with Crippen molar-refractivity contribution in [2.45, 2.75) is 32.2 Å². The lowest BCUT2D eigenvalue weighted by Crippen LogP contribution is -2.57. The van der Waals surface area contributed by atoms with Gasteiger partial charge in [-0.3, -0.25) is 19.4 Å². The minimum absolute atomic E-state index is 0.0702. The van der Waals surface area contributed by atoms with Crippen LogP contribution in [0, 0.1) is 0 Å². The van der Waals surface area contributed by atoms with Gasteiger partial charge in [0, 0.05) is 24.6 Å². The van der Waals surface area contributed by atoms with E-state index in [1.54, 1.807) is 0 Å². The maximum atomic E-state index is 12.8. The summed E-state index contributed by atoms with van der Waals surface area (Å²) in [5.74, 6) is -1.83. The largest absolute Gasteiger partial charge is 0.503 e. The van der Waals surface area contributed by atoms with E-state index in [9.17, 15) is 19.5 Å². The standard InChI is InChI=1S/C17H17N5O5/c1-9-2-5-27-12-8-21-7-10(16(25)20-11-6-18-3-4-19-11)14(23)15(24)13(21)17(26)22(9)12/h3-4,6-7,9,12,24H,2,5,8H2,1H3,(H,19,20,25)/t9-,12+/m1/s1. The van der Waals surface area contributed by atoms with E-state index in [0.29, 0.717) is 13.0 Å². The molecule has 0 aromatic carbocycles. The van der Waals surface area contributed by atoms with Crippen molar-refractivity contribution in [2.75, 3.05) is 11.9 Å². The van der Waals surface area contributed by atoms with Gasteiger partial charge in [0.15, 0.2) is 23.5 Å². The second-order valence-electron chi connectivity index (χ2n) is 6.44. The average Bonchev–Trinajstić information content (AvgIpc) is 2.65. The number of carbonyl (C=O) groups excluding carboxylic acids is 2. The Morgan fingerprint density at radius 1 is 1.37 bits per heavy atom. The fourth-order valence-electron chi connectivity index (χ4n) is 3.37. The highest BCUT2D eigenvalue weighted by atomic mass is 16.5. The molecule has 10 heteroatoms. The molecule has 0 saturated carbocycles. The smallest absolute Gasteiger partial charge is 0.276 e. The maximum Gasteiger partial charge on any atom is 0.276 e.